The highest BCUT2D eigenvalue weighted by Crippen LogP contribution is 2.19. The second-order valence-electron chi connectivity index (χ2n) is 5.13. The molecule has 21 heavy (non-hydrogen) atoms. The van der Waals surface area contributed by atoms with Gasteiger partial charge < -0.3 is 10.1 Å². The van der Waals surface area contributed by atoms with Gasteiger partial charge in [0.2, 0.25) is 5.88 Å². The van der Waals surface area contributed by atoms with Crippen LogP contribution in [0.1, 0.15) is 30.5 Å². The molecule has 4 nitrogen and oxygen atoms in total. The lowest BCUT2D eigenvalue weighted by molar-refractivity contribution is 0.230. The fourth-order valence-corrected chi connectivity index (χ4v) is 1.98. The number of hydrogen-bond donors (Lipinski definition) is 1. The average Bonchev–Trinajstić information content (AvgIpc) is 2.46. The molecule has 0 unspecified atom stereocenters. The monoisotopic (exact) mass is 281 g/mol. The zero-order valence-electron chi connectivity index (χ0n) is 12.6. The SMILES string of the molecule is Cc1cc(NCc2cccnc2OC(C)C)ccc1C#N. The van der Waals surface area contributed by atoms with Gasteiger partial charge in [0.05, 0.1) is 17.7 Å². The summed E-state index contributed by atoms with van der Waals surface area (Å²) in [7, 11) is 0. The molecule has 0 bridgehead atoms. The minimum absolute atomic E-state index is 0.0933. The Labute approximate surface area is 125 Å². The number of nitrogens with one attached hydrogen (secondary N) is 1. The van der Waals surface area contributed by atoms with Crippen molar-refractivity contribution in [2.45, 2.75) is 33.4 Å². The first-order chi connectivity index (χ1) is 10.1. The van der Waals surface area contributed by atoms with E-state index in [1.165, 1.54) is 0 Å². The highest BCUT2D eigenvalue weighted by Gasteiger charge is 2.07. The molecule has 0 spiro atoms. The van der Waals surface area contributed by atoms with Crippen LogP contribution in [0.4, 0.5) is 5.69 Å². The van der Waals surface area contributed by atoms with E-state index >= 15 is 0 Å². The van der Waals surface area contributed by atoms with E-state index in [1.54, 1.807) is 6.20 Å². The van der Waals surface area contributed by atoms with E-state index in [2.05, 4.69) is 16.4 Å². The molecule has 0 aliphatic rings. The van der Waals surface area contributed by atoms with Crippen molar-refractivity contribution in [3.05, 3.63) is 53.2 Å². The molecule has 0 aliphatic heterocycles. The number of nitrogens with zero attached hydrogens (tertiary/aromatic N) is 2. The minimum atomic E-state index is 0.0933. The lowest BCUT2D eigenvalue weighted by Gasteiger charge is -2.14. The van der Waals surface area contributed by atoms with Gasteiger partial charge in [-0.2, -0.15) is 5.26 Å². The van der Waals surface area contributed by atoms with Crippen LogP contribution in [0.5, 0.6) is 5.88 Å². The third-order valence-electron chi connectivity index (χ3n) is 3.03. The maximum Gasteiger partial charge on any atom is 0.218 e. The highest BCUT2D eigenvalue weighted by atomic mass is 16.5. The predicted molar refractivity (Wildman–Crippen MR) is 83.2 cm³/mol. The zero-order chi connectivity index (χ0) is 15.2. The number of pyridine rings is 1. The van der Waals surface area contributed by atoms with Crippen molar-refractivity contribution in [3.63, 3.8) is 0 Å². The Morgan fingerprint density at radius 2 is 2.14 bits per heavy atom. The smallest absolute Gasteiger partial charge is 0.218 e. The summed E-state index contributed by atoms with van der Waals surface area (Å²) in [5.41, 5.74) is 3.65. The first-order valence-electron chi connectivity index (χ1n) is 6.95. The van der Waals surface area contributed by atoms with E-state index in [-0.39, 0.29) is 6.10 Å². The Morgan fingerprint density at radius 3 is 2.81 bits per heavy atom. The molecule has 0 radical (unpaired) electrons. The van der Waals surface area contributed by atoms with E-state index < -0.39 is 0 Å². The normalized spacial score (nSPS) is 10.2. The van der Waals surface area contributed by atoms with Crippen molar-refractivity contribution in [1.82, 2.24) is 4.98 Å². The largest absolute Gasteiger partial charge is 0.475 e. The Morgan fingerprint density at radius 1 is 1.33 bits per heavy atom. The highest BCUT2D eigenvalue weighted by molar-refractivity contribution is 5.52. The predicted octanol–water partition coefficient (Wildman–Crippen LogP) is 3.66. The molecule has 0 saturated carbocycles. The van der Waals surface area contributed by atoms with E-state index in [9.17, 15) is 0 Å². The molecule has 1 N–H and O–H groups in total. The van der Waals surface area contributed by atoms with Crippen LogP contribution in [0, 0.1) is 18.3 Å². The number of rotatable bonds is 5. The minimum Gasteiger partial charge on any atom is -0.475 e. The average molecular weight is 281 g/mol. The van der Waals surface area contributed by atoms with Crippen LogP contribution < -0.4 is 10.1 Å². The van der Waals surface area contributed by atoms with Crippen LogP contribution in [0.15, 0.2) is 36.5 Å². The topological polar surface area (TPSA) is 57.9 Å². The maximum absolute atomic E-state index is 8.94. The Balaban J connectivity index is 2.10. The summed E-state index contributed by atoms with van der Waals surface area (Å²) in [6.45, 7) is 6.52. The van der Waals surface area contributed by atoms with Gasteiger partial charge in [-0.3, -0.25) is 0 Å². The second kappa shape index (κ2) is 6.76. The van der Waals surface area contributed by atoms with Crippen LogP contribution in [0.3, 0.4) is 0 Å². The summed E-state index contributed by atoms with van der Waals surface area (Å²) in [4.78, 5) is 4.27. The molecule has 0 amide bonds. The Hall–Kier alpha value is -2.54. The fourth-order valence-electron chi connectivity index (χ4n) is 1.98. The third kappa shape index (κ3) is 3.96. The van der Waals surface area contributed by atoms with Crippen molar-refractivity contribution in [1.29, 1.82) is 5.26 Å². The van der Waals surface area contributed by atoms with Gasteiger partial charge in [-0.05, 0) is 50.6 Å². The Kier molecular flexibility index (Phi) is 4.78. The summed E-state index contributed by atoms with van der Waals surface area (Å²) >= 11 is 0. The number of aromatic nitrogens is 1. The van der Waals surface area contributed by atoms with E-state index in [0.29, 0.717) is 18.0 Å². The van der Waals surface area contributed by atoms with Gasteiger partial charge in [-0.1, -0.05) is 6.07 Å². The summed E-state index contributed by atoms with van der Waals surface area (Å²) in [5.74, 6) is 0.658. The van der Waals surface area contributed by atoms with Gasteiger partial charge in [-0.25, -0.2) is 4.98 Å². The summed E-state index contributed by atoms with van der Waals surface area (Å²) in [6, 6.07) is 11.8. The summed E-state index contributed by atoms with van der Waals surface area (Å²) in [5, 5.41) is 12.3. The lowest BCUT2D eigenvalue weighted by atomic mass is 10.1. The molecular formula is C17H19N3O. The molecule has 1 aromatic heterocycles. The summed E-state index contributed by atoms with van der Waals surface area (Å²) < 4.78 is 5.70. The zero-order valence-corrected chi connectivity index (χ0v) is 12.6. The van der Waals surface area contributed by atoms with E-state index in [0.717, 1.165) is 16.8 Å². The van der Waals surface area contributed by atoms with Crippen LogP contribution in [-0.4, -0.2) is 11.1 Å². The number of aryl methyl sites for hydroxylation is 1. The Bertz CT molecular complexity index is 659. The molecule has 2 rings (SSSR count). The standard InChI is InChI=1S/C17H19N3O/c1-12(2)21-17-15(5-4-8-19-17)11-20-16-7-6-14(10-18)13(3)9-16/h4-9,12,20H,11H2,1-3H3. The van der Waals surface area contributed by atoms with Gasteiger partial charge in [0.15, 0.2) is 0 Å². The first-order valence-corrected chi connectivity index (χ1v) is 6.95. The van der Waals surface area contributed by atoms with Crippen LogP contribution in [-0.2, 0) is 6.54 Å². The lowest BCUT2D eigenvalue weighted by Crippen LogP contribution is -2.10. The quantitative estimate of drug-likeness (QED) is 0.908. The van der Waals surface area contributed by atoms with Gasteiger partial charge in [0.25, 0.3) is 0 Å². The third-order valence-corrected chi connectivity index (χ3v) is 3.03. The van der Waals surface area contributed by atoms with Crippen LogP contribution in [0.25, 0.3) is 0 Å². The fraction of sp³-hybridized carbons (Fsp3) is 0.294. The van der Waals surface area contributed by atoms with E-state index in [1.807, 2.05) is 51.1 Å². The van der Waals surface area contributed by atoms with Gasteiger partial charge >= 0.3 is 0 Å². The molecule has 0 atom stereocenters. The van der Waals surface area contributed by atoms with Gasteiger partial charge in [0.1, 0.15) is 0 Å². The maximum atomic E-state index is 8.94. The number of hydrogen-bond acceptors (Lipinski definition) is 4. The van der Waals surface area contributed by atoms with Crippen LogP contribution in [0.2, 0.25) is 0 Å². The van der Waals surface area contributed by atoms with Crippen molar-refractivity contribution < 1.29 is 4.74 Å². The molecule has 108 valence electrons. The molecule has 0 fully saturated rings. The number of ether oxygens (including phenoxy) is 1. The number of benzene rings is 1. The molecule has 1 aromatic carbocycles. The number of nitriles is 1. The molecular weight excluding hydrogens is 262 g/mol. The molecule has 0 saturated heterocycles. The van der Waals surface area contributed by atoms with Crippen molar-refractivity contribution >= 4 is 5.69 Å². The van der Waals surface area contributed by atoms with Crippen molar-refractivity contribution in [2.24, 2.45) is 0 Å². The van der Waals surface area contributed by atoms with Gasteiger partial charge in [-0.15, -0.1) is 0 Å². The van der Waals surface area contributed by atoms with Crippen molar-refractivity contribution in [2.75, 3.05) is 5.32 Å². The first kappa shape index (κ1) is 14.9. The molecule has 0 aliphatic carbocycles. The molecule has 2 aromatic rings. The molecule has 1 heterocycles. The van der Waals surface area contributed by atoms with Gasteiger partial charge in [0, 0.05) is 24.0 Å². The number of anilines is 1. The van der Waals surface area contributed by atoms with E-state index in [4.69, 9.17) is 10.00 Å². The molecule has 4 heteroatoms. The summed E-state index contributed by atoms with van der Waals surface area (Å²) in [6.07, 6.45) is 1.82. The van der Waals surface area contributed by atoms with Crippen molar-refractivity contribution in [3.8, 4) is 11.9 Å². The second-order valence-corrected chi connectivity index (χ2v) is 5.13. The van der Waals surface area contributed by atoms with Crippen LogP contribution >= 0.6 is 0 Å².